The second kappa shape index (κ2) is 5.96. The smallest absolute Gasteiger partial charge is 0.314 e. The fourth-order valence-corrected chi connectivity index (χ4v) is 2.88. The lowest BCUT2D eigenvalue weighted by molar-refractivity contribution is -0.143. The summed E-state index contributed by atoms with van der Waals surface area (Å²) >= 11 is 0. The van der Waals surface area contributed by atoms with Crippen molar-refractivity contribution in [3.05, 3.63) is 72.3 Å². The Hall–Kier alpha value is -2.35. The quantitative estimate of drug-likeness (QED) is 0.620. The molecule has 2 heteroatoms. The lowest BCUT2D eigenvalue weighted by Crippen LogP contribution is -2.21. The molecule has 0 bridgehead atoms. The molecule has 106 valence electrons. The van der Waals surface area contributed by atoms with Crippen molar-refractivity contribution in [3.63, 3.8) is 0 Å². The number of fused-ring (bicyclic) bond motifs is 1. The van der Waals surface area contributed by atoms with Gasteiger partial charge in [-0.3, -0.25) is 4.79 Å². The molecule has 0 fully saturated rings. The normalized spacial score (nSPS) is 16.0. The van der Waals surface area contributed by atoms with Crippen molar-refractivity contribution in [2.24, 2.45) is 5.92 Å². The summed E-state index contributed by atoms with van der Waals surface area (Å²) in [5, 5.41) is 2.33. The topological polar surface area (TPSA) is 26.3 Å². The summed E-state index contributed by atoms with van der Waals surface area (Å²) < 4.78 is 5.03. The number of carbonyl (C=O) groups excluding carboxylic acids is 1. The molecule has 3 rings (SSSR count). The largest absolute Gasteiger partial charge is 0.469 e. The Bertz CT molecular complexity index is 700. The van der Waals surface area contributed by atoms with E-state index >= 15 is 0 Å². The van der Waals surface area contributed by atoms with Gasteiger partial charge in [-0.1, -0.05) is 66.8 Å². The molecule has 1 unspecified atom stereocenters. The van der Waals surface area contributed by atoms with Crippen molar-refractivity contribution < 1.29 is 9.53 Å². The molecule has 0 saturated carbocycles. The summed E-state index contributed by atoms with van der Waals surface area (Å²) in [6, 6.07) is 14.4. The van der Waals surface area contributed by atoms with Gasteiger partial charge in [-0.25, -0.2) is 0 Å². The van der Waals surface area contributed by atoms with Gasteiger partial charge in [-0.05, 0) is 22.8 Å². The van der Waals surface area contributed by atoms with E-state index in [2.05, 4.69) is 48.6 Å². The van der Waals surface area contributed by atoms with Crippen LogP contribution in [0.15, 0.2) is 66.8 Å². The molecule has 0 aliphatic heterocycles. The van der Waals surface area contributed by atoms with Crippen molar-refractivity contribution >= 4 is 16.7 Å². The van der Waals surface area contributed by atoms with E-state index in [1.165, 1.54) is 12.5 Å². The zero-order chi connectivity index (χ0) is 14.7. The Labute approximate surface area is 124 Å². The Morgan fingerprint density at radius 2 is 1.81 bits per heavy atom. The van der Waals surface area contributed by atoms with Crippen LogP contribution in [0.1, 0.15) is 17.9 Å². The number of ether oxygens (including phenoxy) is 1. The summed E-state index contributed by atoms with van der Waals surface area (Å²) in [6.45, 7) is 0. The maximum Gasteiger partial charge on any atom is 0.314 e. The van der Waals surface area contributed by atoms with Crippen LogP contribution in [0.3, 0.4) is 0 Å². The summed E-state index contributed by atoms with van der Waals surface area (Å²) in [5.74, 6) is -0.411. The first-order valence-corrected chi connectivity index (χ1v) is 7.19. The van der Waals surface area contributed by atoms with Crippen LogP contribution in [-0.4, -0.2) is 13.1 Å². The van der Waals surface area contributed by atoms with Crippen LogP contribution in [0.25, 0.3) is 10.8 Å². The van der Waals surface area contributed by atoms with Crippen molar-refractivity contribution in [2.45, 2.75) is 12.3 Å². The van der Waals surface area contributed by atoms with Crippen LogP contribution in [-0.2, 0) is 9.53 Å². The van der Waals surface area contributed by atoms with Crippen LogP contribution < -0.4 is 0 Å². The molecular formula is C19H18O2. The van der Waals surface area contributed by atoms with Gasteiger partial charge in [0, 0.05) is 5.92 Å². The molecule has 21 heavy (non-hydrogen) atoms. The molecule has 1 atom stereocenters. The summed E-state index contributed by atoms with van der Waals surface area (Å²) in [7, 11) is 1.45. The first kappa shape index (κ1) is 13.6. The summed E-state index contributed by atoms with van der Waals surface area (Å²) in [4.78, 5) is 12.3. The number of allylic oxidation sites excluding steroid dienone is 4. The number of hydrogen-bond acceptors (Lipinski definition) is 2. The third-order valence-electron chi connectivity index (χ3n) is 3.96. The van der Waals surface area contributed by atoms with Gasteiger partial charge in [-0.2, -0.15) is 0 Å². The molecule has 0 heterocycles. The molecule has 0 radical (unpaired) electrons. The Morgan fingerprint density at radius 1 is 1.10 bits per heavy atom. The van der Waals surface area contributed by atoms with Gasteiger partial charge >= 0.3 is 5.97 Å². The maximum atomic E-state index is 12.3. The van der Waals surface area contributed by atoms with Crippen molar-refractivity contribution in [1.82, 2.24) is 0 Å². The Morgan fingerprint density at radius 3 is 2.52 bits per heavy atom. The highest BCUT2D eigenvalue weighted by atomic mass is 16.5. The maximum absolute atomic E-state index is 12.3. The molecule has 2 aromatic carbocycles. The average Bonchev–Trinajstić information content (AvgIpc) is 2.56. The van der Waals surface area contributed by atoms with E-state index in [0.29, 0.717) is 0 Å². The molecule has 2 nitrogen and oxygen atoms in total. The van der Waals surface area contributed by atoms with Crippen LogP contribution in [0, 0.1) is 5.92 Å². The van der Waals surface area contributed by atoms with Gasteiger partial charge in [0.2, 0.25) is 0 Å². The monoisotopic (exact) mass is 278 g/mol. The van der Waals surface area contributed by atoms with Gasteiger partial charge < -0.3 is 4.74 Å². The van der Waals surface area contributed by atoms with E-state index in [1.807, 2.05) is 18.2 Å². The zero-order valence-electron chi connectivity index (χ0n) is 12.0. The van der Waals surface area contributed by atoms with Gasteiger partial charge in [0.05, 0.1) is 13.0 Å². The molecule has 2 aromatic rings. The van der Waals surface area contributed by atoms with E-state index < -0.39 is 0 Å². The Balaban J connectivity index is 2.05. The molecule has 0 spiro atoms. The lowest BCUT2D eigenvalue weighted by atomic mass is 9.83. The van der Waals surface area contributed by atoms with E-state index in [-0.39, 0.29) is 17.8 Å². The van der Waals surface area contributed by atoms with E-state index in [0.717, 1.165) is 17.4 Å². The van der Waals surface area contributed by atoms with Crippen molar-refractivity contribution in [1.29, 1.82) is 0 Å². The molecule has 1 aliphatic rings. The standard InChI is InChI=1S/C19H18O2/c1-21-19(20)18(15-8-3-2-4-9-15)17-12-11-14-7-5-6-10-16(14)13-17/h3-13,15,18H,2H2,1H3. The fourth-order valence-electron chi connectivity index (χ4n) is 2.88. The number of hydrogen-bond donors (Lipinski definition) is 0. The highest BCUT2D eigenvalue weighted by Gasteiger charge is 2.28. The summed E-state index contributed by atoms with van der Waals surface area (Å²) in [5.41, 5.74) is 1.00. The SMILES string of the molecule is COC(=O)C(c1ccc2ccccc2c1)C1C=CCC=C1. The fraction of sp³-hybridized carbons (Fsp3) is 0.211. The minimum absolute atomic E-state index is 0.0624. The van der Waals surface area contributed by atoms with Crippen LogP contribution >= 0.6 is 0 Å². The van der Waals surface area contributed by atoms with Crippen molar-refractivity contribution in [3.8, 4) is 0 Å². The van der Waals surface area contributed by atoms with Gasteiger partial charge in [0.1, 0.15) is 0 Å². The predicted molar refractivity (Wildman–Crippen MR) is 85.1 cm³/mol. The summed E-state index contributed by atoms with van der Waals surface area (Å²) in [6.07, 6.45) is 9.32. The second-order valence-electron chi connectivity index (χ2n) is 5.28. The van der Waals surface area contributed by atoms with E-state index in [1.54, 1.807) is 0 Å². The third-order valence-corrected chi connectivity index (χ3v) is 3.96. The van der Waals surface area contributed by atoms with Gasteiger partial charge in [0.15, 0.2) is 0 Å². The number of methoxy groups -OCH3 is 1. The predicted octanol–water partition coefficient (Wildman–Crippen LogP) is 4.23. The minimum Gasteiger partial charge on any atom is -0.469 e. The molecule has 0 N–H and O–H groups in total. The number of carbonyl (C=O) groups is 1. The molecule has 0 amide bonds. The Kier molecular flexibility index (Phi) is 3.87. The molecule has 1 aliphatic carbocycles. The van der Waals surface area contributed by atoms with Crippen LogP contribution in [0.4, 0.5) is 0 Å². The van der Waals surface area contributed by atoms with Crippen LogP contribution in [0.2, 0.25) is 0 Å². The number of benzene rings is 2. The third kappa shape index (κ3) is 2.75. The first-order valence-electron chi connectivity index (χ1n) is 7.19. The van der Waals surface area contributed by atoms with Crippen molar-refractivity contribution in [2.75, 3.05) is 7.11 Å². The first-order chi connectivity index (χ1) is 10.3. The molecular weight excluding hydrogens is 260 g/mol. The molecule has 0 saturated heterocycles. The van der Waals surface area contributed by atoms with Gasteiger partial charge in [-0.15, -0.1) is 0 Å². The second-order valence-corrected chi connectivity index (χ2v) is 5.28. The highest BCUT2D eigenvalue weighted by molar-refractivity contribution is 5.86. The van der Waals surface area contributed by atoms with Crippen LogP contribution in [0.5, 0.6) is 0 Å². The minimum atomic E-state index is -0.285. The highest BCUT2D eigenvalue weighted by Crippen LogP contribution is 2.32. The number of esters is 1. The van der Waals surface area contributed by atoms with E-state index in [4.69, 9.17) is 4.74 Å². The lowest BCUT2D eigenvalue weighted by Gasteiger charge is -2.22. The zero-order valence-corrected chi connectivity index (χ0v) is 12.0. The van der Waals surface area contributed by atoms with E-state index in [9.17, 15) is 4.79 Å². The molecule has 0 aromatic heterocycles. The van der Waals surface area contributed by atoms with Gasteiger partial charge in [0.25, 0.3) is 0 Å². The number of rotatable bonds is 3. The average molecular weight is 278 g/mol.